The molecule has 0 radical (unpaired) electrons. The van der Waals surface area contributed by atoms with Gasteiger partial charge in [0, 0.05) is 15.7 Å². The zero-order valence-corrected chi connectivity index (χ0v) is 13.6. The van der Waals surface area contributed by atoms with Crippen LogP contribution < -0.4 is 10.1 Å². The number of benzene rings is 2. The molecular formula is C16H15FINO2. The van der Waals surface area contributed by atoms with Crippen molar-refractivity contribution in [1.29, 1.82) is 0 Å². The Hall–Kier alpha value is -1.63. The minimum absolute atomic E-state index is 0.145. The van der Waals surface area contributed by atoms with E-state index in [4.69, 9.17) is 4.74 Å². The molecule has 3 nitrogen and oxygen atoms in total. The van der Waals surface area contributed by atoms with Crippen LogP contribution in [0.4, 0.5) is 4.39 Å². The lowest BCUT2D eigenvalue weighted by Gasteiger charge is -2.15. The summed E-state index contributed by atoms with van der Waals surface area (Å²) in [6, 6.07) is 13.8. The molecular weight excluding hydrogens is 384 g/mol. The van der Waals surface area contributed by atoms with Crippen LogP contribution in [0, 0.1) is 9.39 Å². The molecule has 0 bridgehead atoms. The van der Waals surface area contributed by atoms with Crippen LogP contribution in [0.3, 0.4) is 0 Å². The Morgan fingerprint density at radius 2 is 1.90 bits per heavy atom. The van der Waals surface area contributed by atoms with Gasteiger partial charge in [0.25, 0.3) is 5.91 Å². The molecule has 1 N–H and O–H groups in total. The van der Waals surface area contributed by atoms with E-state index in [1.165, 1.54) is 6.07 Å². The van der Waals surface area contributed by atoms with Gasteiger partial charge in [-0.1, -0.05) is 18.2 Å². The Balaban J connectivity index is 1.88. The van der Waals surface area contributed by atoms with Gasteiger partial charge < -0.3 is 10.1 Å². The van der Waals surface area contributed by atoms with Crippen molar-refractivity contribution in [1.82, 2.24) is 5.32 Å². The number of nitrogens with one attached hydrogen (secondary N) is 1. The quantitative estimate of drug-likeness (QED) is 0.782. The molecule has 2 aromatic carbocycles. The minimum Gasteiger partial charge on any atom is -0.481 e. The van der Waals surface area contributed by atoms with Crippen molar-refractivity contribution in [3.63, 3.8) is 0 Å². The van der Waals surface area contributed by atoms with Crippen LogP contribution in [0.1, 0.15) is 12.5 Å². The van der Waals surface area contributed by atoms with Gasteiger partial charge in [-0.05, 0) is 59.8 Å². The maximum atomic E-state index is 13.4. The Morgan fingerprint density at radius 1 is 1.24 bits per heavy atom. The highest BCUT2D eigenvalue weighted by atomic mass is 127. The van der Waals surface area contributed by atoms with Crippen LogP contribution in [0.5, 0.6) is 5.75 Å². The van der Waals surface area contributed by atoms with E-state index in [2.05, 4.69) is 27.9 Å². The fourth-order valence-electron chi connectivity index (χ4n) is 1.74. The van der Waals surface area contributed by atoms with Crippen molar-refractivity contribution in [2.45, 2.75) is 19.6 Å². The first-order valence-corrected chi connectivity index (χ1v) is 7.57. The Labute approximate surface area is 136 Å². The van der Waals surface area contributed by atoms with Crippen molar-refractivity contribution < 1.29 is 13.9 Å². The SMILES string of the molecule is CC(Oc1ccc(I)cc1)C(=O)NCc1ccccc1F. The molecule has 0 aliphatic carbocycles. The number of amides is 1. The number of hydrogen-bond donors (Lipinski definition) is 1. The van der Waals surface area contributed by atoms with E-state index in [0.29, 0.717) is 11.3 Å². The Bertz CT molecular complexity index is 616. The second kappa shape index (κ2) is 7.40. The predicted octanol–water partition coefficient (Wildman–Crippen LogP) is 3.51. The molecule has 0 heterocycles. The average Bonchev–Trinajstić information content (AvgIpc) is 2.48. The predicted molar refractivity (Wildman–Crippen MR) is 87.5 cm³/mol. The van der Waals surface area contributed by atoms with Gasteiger partial charge in [-0.15, -0.1) is 0 Å². The van der Waals surface area contributed by atoms with Crippen LogP contribution in [0.2, 0.25) is 0 Å². The zero-order chi connectivity index (χ0) is 15.2. The second-order valence-electron chi connectivity index (χ2n) is 4.52. The highest BCUT2D eigenvalue weighted by Crippen LogP contribution is 2.15. The molecule has 0 saturated heterocycles. The van der Waals surface area contributed by atoms with E-state index in [-0.39, 0.29) is 18.3 Å². The number of halogens is 2. The molecule has 2 rings (SSSR count). The van der Waals surface area contributed by atoms with E-state index in [0.717, 1.165) is 3.57 Å². The van der Waals surface area contributed by atoms with Gasteiger partial charge in [0.15, 0.2) is 6.10 Å². The summed E-state index contributed by atoms with van der Waals surface area (Å²) < 4.78 is 20.1. The van der Waals surface area contributed by atoms with Gasteiger partial charge in [0.2, 0.25) is 0 Å². The standard InChI is InChI=1S/C16H15FINO2/c1-11(21-14-8-6-13(18)7-9-14)16(20)19-10-12-4-2-3-5-15(12)17/h2-9,11H,10H2,1H3,(H,19,20). The van der Waals surface area contributed by atoms with E-state index in [1.807, 2.05) is 24.3 Å². The number of carbonyl (C=O) groups is 1. The molecule has 0 aromatic heterocycles. The van der Waals surface area contributed by atoms with Crippen molar-refractivity contribution in [3.05, 3.63) is 63.5 Å². The fraction of sp³-hybridized carbons (Fsp3) is 0.188. The van der Waals surface area contributed by atoms with Crippen molar-refractivity contribution in [3.8, 4) is 5.75 Å². The van der Waals surface area contributed by atoms with Crippen LogP contribution >= 0.6 is 22.6 Å². The first-order chi connectivity index (χ1) is 10.1. The second-order valence-corrected chi connectivity index (χ2v) is 5.77. The van der Waals surface area contributed by atoms with Gasteiger partial charge in [-0.3, -0.25) is 4.79 Å². The summed E-state index contributed by atoms with van der Waals surface area (Å²) in [4.78, 5) is 11.9. The summed E-state index contributed by atoms with van der Waals surface area (Å²) in [5.41, 5.74) is 0.451. The van der Waals surface area contributed by atoms with E-state index in [1.54, 1.807) is 25.1 Å². The molecule has 5 heteroatoms. The van der Waals surface area contributed by atoms with Crippen molar-refractivity contribution >= 4 is 28.5 Å². The summed E-state index contributed by atoms with van der Waals surface area (Å²) in [6.45, 7) is 1.81. The summed E-state index contributed by atoms with van der Waals surface area (Å²) in [7, 11) is 0. The zero-order valence-electron chi connectivity index (χ0n) is 11.5. The highest BCUT2D eigenvalue weighted by Gasteiger charge is 2.14. The highest BCUT2D eigenvalue weighted by molar-refractivity contribution is 14.1. The van der Waals surface area contributed by atoms with Gasteiger partial charge in [-0.25, -0.2) is 4.39 Å². The van der Waals surface area contributed by atoms with E-state index >= 15 is 0 Å². The monoisotopic (exact) mass is 399 g/mol. The van der Waals surface area contributed by atoms with Crippen molar-refractivity contribution in [2.75, 3.05) is 0 Å². The normalized spacial score (nSPS) is 11.8. The van der Waals surface area contributed by atoms with Crippen LogP contribution in [0.15, 0.2) is 48.5 Å². The fourth-order valence-corrected chi connectivity index (χ4v) is 2.10. The number of ether oxygens (including phenoxy) is 1. The number of hydrogen-bond acceptors (Lipinski definition) is 2. The Morgan fingerprint density at radius 3 is 2.57 bits per heavy atom. The van der Waals surface area contributed by atoms with E-state index < -0.39 is 6.10 Å². The largest absolute Gasteiger partial charge is 0.481 e. The molecule has 110 valence electrons. The van der Waals surface area contributed by atoms with E-state index in [9.17, 15) is 9.18 Å². The lowest BCUT2D eigenvalue weighted by Crippen LogP contribution is -2.36. The van der Waals surface area contributed by atoms with Gasteiger partial charge in [0.05, 0.1) is 0 Å². The van der Waals surface area contributed by atoms with Gasteiger partial charge >= 0.3 is 0 Å². The van der Waals surface area contributed by atoms with Crippen LogP contribution in [0.25, 0.3) is 0 Å². The maximum Gasteiger partial charge on any atom is 0.261 e. The topological polar surface area (TPSA) is 38.3 Å². The minimum atomic E-state index is -0.642. The third kappa shape index (κ3) is 4.70. The molecule has 2 aromatic rings. The molecule has 1 unspecified atom stereocenters. The van der Waals surface area contributed by atoms with Gasteiger partial charge in [-0.2, -0.15) is 0 Å². The van der Waals surface area contributed by atoms with Crippen LogP contribution in [-0.2, 0) is 11.3 Å². The molecule has 0 aliphatic heterocycles. The number of rotatable bonds is 5. The Kier molecular flexibility index (Phi) is 5.55. The molecule has 1 atom stereocenters. The first kappa shape index (κ1) is 15.8. The summed E-state index contributed by atoms with van der Waals surface area (Å²) in [6.07, 6.45) is -0.642. The van der Waals surface area contributed by atoms with Crippen LogP contribution in [-0.4, -0.2) is 12.0 Å². The first-order valence-electron chi connectivity index (χ1n) is 6.49. The lowest BCUT2D eigenvalue weighted by molar-refractivity contribution is -0.127. The average molecular weight is 399 g/mol. The van der Waals surface area contributed by atoms with Crippen molar-refractivity contribution in [2.24, 2.45) is 0 Å². The molecule has 0 fully saturated rings. The summed E-state index contributed by atoms with van der Waals surface area (Å²) in [5.74, 6) is 0.0183. The molecule has 1 amide bonds. The molecule has 21 heavy (non-hydrogen) atoms. The molecule has 0 aliphatic rings. The number of carbonyl (C=O) groups excluding carboxylic acids is 1. The summed E-state index contributed by atoms with van der Waals surface area (Å²) >= 11 is 2.20. The molecule has 0 spiro atoms. The van der Waals surface area contributed by atoms with Gasteiger partial charge in [0.1, 0.15) is 11.6 Å². The third-order valence-corrected chi connectivity index (χ3v) is 3.63. The lowest BCUT2D eigenvalue weighted by atomic mass is 10.2. The summed E-state index contributed by atoms with van der Waals surface area (Å²) in [5, 5.41) is 2.67. The molecule has 0 saturated carbocycles. The third-order valence-electron chi connectivity index (χ3n) is 2.91. The maximum absolute atomic E-state index is 13.4. The smallest absolute Gasteiger partial charge is 0.261 e.